The fourth-order valence-electron chi connectivity index (χ4n) is 4.65. The number of piperidine rings is 1. The Morgan fingerprint density at radius 1 is 1.15 bits per heavy atom. The lowest BCUT2D eigenvalue weighted by atomic mass is 10.0. The molecule has 0 bridgehead atoms. The molecule has 3 aliphatic rings. The molecule has 178 valence electrons. The molecule has 1 N–H and O–H groups in total. The Morgan fingerprint density at radius 3 is 2.36 bits per heavy atom. The van der Waals surface area contributed by atoms with Crippen LogP contribution in [0.15, 0.2) is 12.1 Å². The van der Waals surface area contributed by atoms with Crippen LogP contribution in [0.2, 0.25) is 0 Å². The highest BCUT2D eigenvalue weighted by molar-refractivity contribution is 5.90. The second-order valence-corrected chi connectivity index (χ2v) is 8.53. The number of rotatable bonds is 7. The van der Waals surface area contributed by atoms with Gasteiger partial charge in [0.2, 0.25) is 5.91 Å². The van der Waals surface area contributed by atoms with E-state index in [1.165, 1.54) is 11.8 Å². The van der Waals surface area contributed by atoms with Crippen molar-refractivity contribution in [1.29, 1.82) is 0 Å². The number of carbonyl (C=O) groups is 4. The summed E-state index contributed by atoms with van der Waals surface area (Å²) in [6.45, 7) is 3.45. The molecule has 1 saturated carbocycles. The van der Waals surface area contributed by atoms with Gasteiger partial charge in [-0.1, -0.05) is 6.92 Å². The molecule has 9 nitrogen and oxygen atoms in total. The summed E-state index contributed by atoms with van der Waals surface area (Å²) in [7, 11) is 0. The monoisotopic (exact) mass is 465 g/mol. The Morgan fingerprint density at radius 2 is 1.79 bits per heavy atom. The quantitative estimate of drug-likeness (QED) is 0.613. The van der Waals surface area contributed by atoms with Crippen LogP contribution < -0.4 is 10.2 Å². The Kier molecular flexibility index (Phi) is 6.22. The Labute approximate surface area is 189 Å². The third-order valence-electron chi connectivity index (χ3n) is 6.38. The maximum absolute atomic E-state index is 14.9. The van der Waals surface area contributed by atoms with Gasteiger partial charge in [0.1, 0.15) is 17.7 Å². The largest absolute Gasteiger partial charge is 0.456 e. The molecule has 3 fully saturated rings. The van der Waals surface area contributed by atoms with Crippen LogP contribution in [0.1, 0.15) is 31.7 Å². The standard InChI is InChI=1S/C22H25F2N3O6/c1-3-18(29)25-6-13-7-27(22(31)33-13)12-4-16(23)21(17(24)5-12)20-14-8-26(9-15(14)20)19(30)10-32-11(2)28/h4-5,13-15,20H,3,6-10H2,1-2H3,(H,25,29)/t13-,14-,15+,20+/m0/s1. The Bertz CT molecular complexity index is 967. The summed E-state index contributed by atoms with van der Waals surface area (Å²) in [5.74, 6) is -3.05. The topological polar surface area (TPSA) is 105 Å². The van der Waals surface area contributed by atoms with E-state index in [-0.39, 0.29) is 60.5 Å². The van der Waals surface area contributed by atoms with Crippen LogP contribution in [0, 0.1) is 23.5 Å². The lowest BCUT2D eigenvalue weighted by molar-refractivity contribution is -0.150. The van der Waals surface area contributed by atoms with Crippen LogP contribution in [-0.2, 0) is 23.9 Å². The van der Waals surface area contributed by atoms with E-state index in [9.17, 15) is 28.0 Å². The van der Waals surface area contributed by atoms with Crippen molar-refractivity contribution < 1.29 is 37.4 Å². The van der Waals surface area contributed by atoms with Crippen LogP contribution in [0.25, 0.3) is 0 Å². The van der Waals surface area contributed by atoms with Gasteiger partial charge in [-0.2, -0.15) is 0 Å². The molecule has 4 atom stereocenters. The highest BCUT2D eigenvalue weighted by atomic mass is 19.1. The van der Waals surface area contributed by atoms with Crippen molar-refractivity contribution in [3.8, 4) is 0 Å². The lowest BCUT2D eigenvalue weighted by Crippen LogP contribution is -2.35. The predicted molar refractivity (Wildman–Crippen MR) is 110 cm³/mol. The molecule has 0 radical (unpaired) electrons. The molecule has 3 amide bonds. The average Bonchev–Trinajstić information content (AvgIpc) is 3.10. The first-order chi connectivity index (χ1) is 15.7. The second-order valence-electron chi connectivity index (χ2n) is 8.53. The van der Waals surface area contributed by atoms with Crippen molar-refractivity contribution in [1.82, 2.24) is 10.2 Å². The van der Waals surface area contributed by atoms with Gasteiger partial charge in [-0.15, -0.1) is 0 Å². The highest BCUT2D eigenvalue weighted by Gasteiger charge is 2.58. The minimum absolute atomic E-state index is 0.0415. The number of benzene rings is 1. The normalized spacial score (nSPS) is 25.5. The summed E-state index contributed by atoms with van der Waals surface area (Å²) in [6, 6.07) is 2.23. The molecule has 1 aromatic carbocycles. The van der Waals surface area contributed by atoms with Crippen molar-refractivity contribution in [3.63, 3.8) is 0 Å². The van der Waals surface area contributed by atoms with E-state index >= 15 is 0 Å². The number of nitrogens with one attached hydrogen (secondary N) is 1. The van der Waals surface area contributed by atoms with Gasteiger partial charge in [0.05, 0.1) is 18.8 Å². The number of carbonyl (C=O) groups excluding carboxylic acids is 4. The molecule has 33 heavy (non-hydrogen) atoms. The first-order valence-corrected chi connectivity index (χ1v) is 10.8. The Balaban J connectivity index is 1.38. The smallest absolute Gasteiger partial charge is 0.414 e. The maximum Gasteiger partial charge on any atom is 0.414 e. The molecule has 1 aromatic rings. The number of ether oxygens (including phenoxy) is 2. The third kappa shape index (κ3) is 4.62. The molecule has 2 heterocycles. The van der Waals surface area contributed by atoms with Crippen molar-refractivity contribution in [2.45, 2.75) is 32.3 Å². The zero-order valence-corrected chi connectivity index (χ0v) is 18.3. The number of esters is 1. The van der Waals surface area contributed by atoms with Crippen molar-refractivity contribution in [2.24, 2.45) is 11.8 Å². The van der Waals surface area contributed by atoms with Gasteiger partial charge in [0.15, 0.2) is 6.61 Å². The molecule has 2 aliphatic heterocycles. The van der Waals surface area contributed by atoms with Crippen LogP contribution >= 0.6 is 0 Å². The first kappa shape index (κ1) is 22.9. The van der Waals surface area contributed by atoms with Gasteiger partial charge in [-0.25, -0.2) is 13.6 Å². The molecule has 0 unspecified atom stereocenters. The molecule has 2 saturated heterocycles. The summed E-state index contributed by atoms with van der Waals surface area (Å²) < 4.78 is 39.8. The van der Waals surface area contributed by atoms with Crippen molar-refractivity contribution >= 4 is 29.6 Å². The SMILES string of the molecule is CCC(=O)NC[C@H]1CN(c2cc(F)c([C@H]3[C@@H]4CN(C(=O)COC(C)=O)C[C@@H]43)c(F)c2)C(=O)O1. The van der Waals surface area contributed by atoms with E-state index in [2.05, 4.69) is 5.32 Å². The number of anilines is 1. The fraction of sp³-hybridized carbons (Fsp3) is 0.545. The summed E-state index contributed by atoms with van der Waals surface area (Å²) in [5, 5.41) is 2.63. The second kappa shape index (κ2) is 8.95. The van der Waals surface area contributed by atoms with E-state index in [1.54, 1.807) is 6.92 Å². The fourth-order valence-corrected chi connectivity index (χ4v) is 4.65. The number of likely N-dealkylation sites (tertiary alicyclic amines) is 1. The number of hydrogen-bond donors (Lipinski definition) is 1. The molecular weight excluding hydrogens is 440 g/mol. The molecular formula is C22H25F2N3O6. The first-order valence-electron chi connectivity index (χ1n) is 10.8. The highest BCUT2D eigenvalue weighted by Crippen LogP contribution is 2.59. The lowest BCUT2D eigenvalue weighted by Gasteiger charge is -2.20. The van der Waals surface area contributed by atoms with Crippen LogP contribution in [0.4, 0.5) is 19.3 Å². The van der Waals surface area contributed by atoms with E-state index in [1.807, 2.05) is 0 Å². The summed E-state index contributed by atoms with van der Waals surface area (Å²) in [5.41, 5.74) is 0.00669. The Hall–Kier alpha value is -3.24. The van der Waals surface area contributed by atoms with Crippen LogP contribution in [0.3, 0.4) is 0 Å². The molecule has 1 aliphatic carbocycles. The zero-order chi connectivity index (χ0) is 23.9. The van der Waals surface area contributed by atoms with E-state index in [4.69, 9.17) is 9.47 Å². The molecule has 0 spiro atoms. The zero-order valence-electron chi connectivity index (χ0n) is 18.3. The average molecular weight is 465 g/mol. The number of halogens is 2. The number of cyclic esters (lactones) is 1. The van der Waals surface area contributed by atoms with Crippen LogP contribution in [0.5, 0.6) is 0 Å². The van der Waals surface area contributed by atoms with Crippen LogP contribution in [-0.4, -0.2) is 67.7 Å². The molecule has 11 heteroatoms. The molecule has 4 rings (SSSR count). The van der Waals surface area contributed by atoms with E-state index < -0.39 is 29.8 Å². The van der Waals surface area contributed by atoms with Crippen molar-refractivity contribution in [2.75, 3.05) is 37.7 Å². The maximum atomic E-state index is 14.9. The number of hydrogen-bond acceptors (Lipinski definition) is 6. The van der Waals surface area contributed by atoms with Gasteiger partial charge in [-0.3, -0.25) is 19.3 Å². The summed E-state index contributed by atoms with van der Waals surface area (Å²) in [6.07, 6.45) is -1.05. The number of amides is 3. The summed E-state index contributed by atoms with van der Waals surface area (Å²) >= 11 is 0. The third-order valence-corrected chi connectivity index (χ3v) is 6.38. The van der Waals surface area contributed by atoms with Crippen molar-refractivity contribution in [3.05, 3.63) is 29.3 Å². The molecule has 0 aromatic heterocycles. The van der Waals surface area contributed by atoms with E-state index in [0.717, 1.165) is 17.0 Å². The minimum atomic E-state index is -0.752. The van der Waals surface area contributed by atoms with Gasteiger partial charge >= 0.3 is 12.1 Å². The number of nitrogens with zero attached hydrogens (tertiary/aromatic N) is 2. The van der Waals surface area contributed by atoms with Gasteiger partial charge in [-0.05, 0) is 29.9 Å². The van der Waals surface area contributed by atoms with Gasteiger partial charge in [0, 0.05) is 32.0 Å². The minimum Gasteiger partial charge on any atom is -0.456 e. The van der Waals surface area contributed by atoms with Gasteiger partial charge < -0.3 is 19.7 Å². The summed E-state index contributed by atoms with van der Waals surface area (Å²) in [4.78, 5) is 49.2. The van der Waals surface area contributed by atoms with E-state index in [0.29, 0.717) is 19.5 Å². The number of fused-ring (bicyclic) bond motifs is 1. The predicted octanol–water partition coefficient (Wildman–Crippen LogP) is 1.55. The van der Waals surface area contributed by atoms with Gasteiger partial charge in [0.25, 0.3) is 5.91 Å².